The number of imidazole rings is 1. The SMILES string of the molecule is CCCc1nccn1-c1nc(Cl)c(C=O)s1. The van der Waals surface area contributed by atoms with Crippen LogP contribution in [-0.2, 0) is 6.42 Å². The van der Waals surface area contributed by atoms with Crippen LogP contribution in [0.1, 0.15) is 28.8 Å². The Balaban J connectivity index is 2.41. The van der Waals surface area contributed by atoms with E-state index in [-0.39, 0.29) is 5.15 Å². The van der Waals surface area contributed by atoms with Crippen LogP contribution in [0.3, 0.4) is 0 Å². The summed E-state index contributed by atoms with van der Waals surface area (Å²) in [4.78, 5) is 19.5. The number of carbonyl (C=O) groups is 1. The molecule has 0 aliphatic rings. The van der Waals surface area contributed by atoms with E-state index >= 15 is 0 Å². The van der Waals surface area contributed by atoms with Gasteiger partial charge in [0.25, 0.3) is 0 Å². The van der Waals surface area contributed by atoms with Crippen LogP contribution in [0.5, 0.6) is 0 Å². The molecule has 0 aromatic carbocycles. The second-order valence-electron chi connectivity index (χ2n) is 3.23. The summed E-state index contributed by atoms with van der Waals surface area (Å²) in [6.45, 7) is 2.09. The fraction of sp³-hybridized carbons (Fsp3) is 0.300. The first kappa shape index (κ1) is 11.3. The fourth-order valence-electron chi connectivity index (χ4n) is 1.40. The van der Waals surface area contributed by atoms with Gasteiger partial charge in [-0.1, -0.05) is 29.9 Å². The maximum absolute atomic E-state index is 10.7. The largest absolute Gasteiger partial charge is 0.297 e. The Morgan fingerprint density at radius 1 is 1.62 bits per heavy atom. The minimum atomic E-state index is 0.256. The van der Waals surface area contributed by atoms with E-state index in [1.807, 2.05) is 10.8 Å². The molecule has 0 radical (unpaired) electrons. The zero-order chi connectivity index (χ0) is 11.5. The summed E-state index contributed by atoms with van der Waals surface area (Å²) in [5.41, 5.74) is 0. The van der Waals surface area contributed by atoms with Gasteiger partial charge in [-0.2, -0.15) is 0 Å². The molecule has 2 aromatic heterocycles. The first-order valence-corrected chi connectivity index (χ1v) is 6.09. The maximum atomic E-state index is 10.7. The van der Waals surface area contributed by atoms with Gasteiger partial charge in [-0.05, 0) is 6.42 Å². The summed E-state index contributed by atoms with van der Waals surface area (Å²) >= 11 is 7.09. The molecule has 0 saturated carbocycles. The molecule has 6 heteroatoms. The number of aryl methyl sites for hydroxylation is 1. The zero-order valence-corrected chi connectivity index (χ0v) is 10.3. The van der Waals surface area contributed by atoms with Gasteiger partial charge in [0.2, 0.25) is 0 Å². The van der Waals surface area contributed by atoms with E-state index in [4.69, 9.17) is 11.6 Å². The van der Waals surface area contributed by atoms with Crippen LogP contribution in [0.25, 0.3) is 5.13 Å². The molecule has 0 aliphatic heterocycles. The van der Waals surface area contributed by atoms with Crippen LogP contribution in [0.2, 0.25) is 5.15 Å². The lowest BCUT2D eigenvalue weighted by Gasteiger charge is -2.01. The average molecular weight is 256 g/mol. The van der Waals surface area contributed by atoms with Crippen molar-refractivity contribution in [1.29, 1.82) is 0 Å². The molecule has 4 nitrogen and oxygen atoms in total. The van der Waals surface area contributed by atoms with Crippen molar-refractivity contribution in [2.24, 2.45) is 0 Å². The molecule has 2 heterocycles. The van der Waals surface area contributed by atoms with Crippen molar-refractivity contribution in [3.05, 3.63) is 28.2 Å². The molecule has 0 amide bonds. The molecular formula is C10H10ClN3OS. The van der Waals surface area contributed by atoms with Gasteiger partial charge in [-0.3, -0.25) is 9.36 Å². The Kier molecular flexibility index (Phi) is 3.36. The number of hydrogen-bond donors (Lipinski definition) is 0. The summed E-state index contributed by atoms with van der Waals surface area (Å²) in [6, 6.07) is 0. The number of hydrogen-bond acceptors (Lipinski definition) is 4. The molecule has 16 heavy (non-hydrogen) atoms. The van der Waals surface area contributed by atoms with E-state index < -0.39 is 0 Å². The molecule has 0 saturated heterocycles. The number of nitrogens with zero attached hydrogens (tertiary/aromatic N) is 3. The minimum Gasteiger partial charge on any atom is -0.297 e. The van der Waals surface area contributed by atoms with Gasteiger partial charge < -0.3 is 0 Å². The second kappa shape index (κ2) is 4.76. The van der Waals surface area contributed by atoms with Crippen molar-refractivity contribution in [3.63, 3.8) is 0 Å². The molecular weight excluding hydrogens is 246 g/mol. The third-order valence-corrected chi connectivity index (χ3v) is 3.48. The Labute approximate surface area is 102 Å². The summed E-state index contributed by atoms with van der Waals surface area (Å²) in [7, 11) is 0. The lowest BCUT2D eigenvalue weighted by atomic mass is 10.3. The van der Waals surface area contributed by atoms with E-state index in [1.54, 1.807) is 6.20 Å². The highest BCUT2D eigenvalue weighted by atomic mass is 35.5. The van der Waals surface area contributed by atoms with Crippen LogP contribution >= 0.6 is 22.9 Å². The Morgan fingerprint density at radius 2 is 2.44 bits per heavy atom. The molecule has 0 bridgehead atoms. The predicted octanol–water partition coefficient (Wildman–Crippen LogP) is 2.75. The normalized spacial score (nSPS) is 10.6. The molecule has 0 aliphatic carbocycles. The molecule has 0 N–H and O–H groups in total. The standard InChI is InChI=1S/C10H10ClN3OS/c1-2-3-8-12-4-5-14(8)10-13-9(11)7(6-15)16-10/h4-6H,2-3H2,1H3. The van der Waals surface area contributed by atoms with Crippen LogP contribution in [-0.4, -0.2) is 20.8 Å². The molecule has 0 fully saturated rings. The Morgan fingerprint density at radius 3 is 3.06 bits per heavy atom. The van der Waals surface area contributed by atoms with Crippen molar-refractivity contribution >= 4 is 29.2 Å². The first-order valence-electron chi connectivity index (χ1n) is 4.90. The Hall–Kier alpha value is -1.20. The number of aromatic nitrogens is 3. The first-order chi connectivity index (χ1) is 7.76. The molecule has 2 aromatic rings. The summed E-state index contributed by atoms with van der Waals surface area (Å²) < 4.78 is 1.87. The predicted molar refractivity (Wildman–Crippen MR) is 63.6 cm³/mol. The summed E-state index contributed by atoms with van der Waals surface area (Å²) in [5, 5.41) is 0.944. The van der Waals surface area contributed by atoms with Crippen LogP contribution in [0.4, 0.5) is 0 Å². The van der Waals surface area contributed by atoms with Gasteiger partial charge in [0.1, 0.15) is 10.7 Å². The number of thiazole rings is 1. The van der Waals surface area contributed by atoms with Gasteiger partial charge in [0.15, 0.2) is 16.6 Å². The van der Waals surface area contributed by atoms with Crippen molar-refractivity contribution in [3.8, 4) is 5.13 Å². The summed E-state index contributed by atoms with van der Waals surface area (Å²) in [5.74, 6) is 0.936. The third kappa shape index (κ3) is 2.01. The van der Waals surface area contributed by atoms with Gasteiger partial charge in [-0.25, -0.2) is 9.97 Å². The van der Waals surface area contributed by atoms with E-state index in [0.29, 0.717) is 10.0 Å². The molecule has 0 atom stereocenters. The Bertz CT molecular complexity index is 506. The van der Waals surface area contributed by atoms with Crippen molar-refractivity contribution < 1.29 is 4.79 Å². The topological polar surface area (TPSA) is 47.8 Å². The zero-order valence-electron chi connectivity index (χ0n) is 8.68. The van der Waals surface area contributed by atoms with E-state index in [9.17, 15) is 4.79 Å². The molecule has 84 valence electrons. The van der Waals surface area contributed by atoms with Gasteiger partial charge >= 0.3 is 0 Å². The molecule has 2 rings (SSSR count). The van der Waals surface area contributed by atoms with Crippen LogP contribution in [0, 0.1) is 0 Å². The highest BCUT2D eigenvalue weighted by molar-refractivity contribution is 7.16. The van der Waals surface area contributed by atoms with E-state index in [2.05, 4.69) is 16.9 Å². The lowest BCUT2D eigenvalue weighted by Crippen LogP contribution is -1.99. The number of aldehydes is 1. The van der Waals surface area contributed by atoms with Gasteiger partial charge in [0.05, 0.1) is 0 Å². The van der Waals surface area contributed by atoms with Crippen LogP contribution in [0.15, 0.2) is 12.4 Å². The maximum Gasteiger partial charge on any atom is 0.197 e. The second-order valence-corrected chi connectivity index (χ2v) is 4.60. The third-order valence-electron chi connectivity index (χ3n) is 2.10. The number of carbonyl (C=O) groups excluding carboxylic acids is 1. The van der Waals surface area contributed by atoms with Gasteiger partial charge in [0, 0.05) is 18.8 Å². The molecule has 0 unspecified atom stereocenters. The lowest BCUT2D eigenvalue weighted by molar-refractivity contribution is 0.112. The van der Waals surface area contributed by atoms with Crippen molar-refractivity contribution in [2.75, 3.05) is 0 Å². The minimum absolute atomic E-state index is 0.256. The monoisotopic (exact) mass is 255 g/mol. The highest BCUT2D eigenvalue weighted by Crippen LogP contribution is 2.25. The number of halogens is 1. The highest BCUT2D eigenvalue weighted by Gasteiger charge is 2.12. The van der Waals surface area contributed by atoms with Gasteiger partial charge in [-0.15, -0.1) is 0 Å². The van der Waals surface area contributed by atoms with Crippen molar-refractivity contribution in [1.82, 2.24) is 14.5 Å². The summed E-state index contributed by atoms with van der Waals surface area (Å²) in [6.07, 6.45) is 6.16. The van der Waals surface area contributed by atoms with E-state index in [0.717, 1.165) is 25.0 Å². The van der Waals surface area contributed by atoms with E-state index in [1.165, 1.54) is 11.3 Å². The smallest absolute Gasteiger partial charge is 0.197 e. The van der Waals surface area contributed by atoms with Crippen molar-refractivity contribution in [2.45, 2.75) is 19.8 Å². The van der Waals surface area contributed by atoms with Crippen LogP contribution < -0.4 is 0 Å². The quantitative estimate of drug-likeness (QED) is 0.790. The average Bonchev–Trinajstić information content (AvgIpc) is 2.85. The number of rotatable bonds is 4. The molecule has 0 spiro atoms. The fourth-order valence-corrected chi connectivity index (χ4v) is 2.46.